The van der Waals surface area contributed by atoms with Crippen LogP contribution in [0.25, 0.3) is 0 Å². The molecule has 1 aromatic heterocycles. The van der Waals surface area contributed by atoms with Crippen molar-refractivity contribution < 1.29 is 9.59 Å². The lowest BCUT2D eigenvalue weighted by Crippen LogP contribution is -2.32. The highest BCUT2D eigenvalue weighted by atomic mass is 35.5. The maximum atomic E-state index is 12.6. The van der Waals surface area contributed by atoms with Gasteiger partial charge < -0.3 is 10.2 Å². The standard InChI is InChI=1S/C18H21ClN4O2/c1-22-16(20-17(24)13-8-4-5-9-14(13)19)12-15(21-22)18(25)23-10-6-2-3-7-11-23/h4-5,8-9,12H,2-3,6-7,10-11H2,1H3,(H,20,24). The first-order chi connectivity index (χ1) is 12.1. The van der Waals surface area contributed by atoms with Gasteiger partial charge in [0.25, 0.3) is 11.8 Å². The van der Waals surface area contributed by atoms with Crippen LogP contribution in [0.4, 0.5) is 5.82 Å². The molecule has 2 heterocycles. The molecule has 7 heteroatoms. The molecule has 2 amide bonds. The number of aromatic nitrogens is 2. The molecule has 2 aromatic rings. The van der Waals surface area contributed by atoms with Gasteiger partial charge in [-0.25, -0.2) is 0 Å². The topological polar surface area (TPSA) is 67.2 Å². The Kier molecular flexibility index (Phi) is 5.38. The zero-order chi connectivity index (χ0) is 17.8. The number of nitrogens with zero attached hydrogens (tertiary/aromatic N) is 3. The van der Waals surface area contributed by atoms with Gasteiger partial charge in [-0.15, -0.1) is 0 Å². The average Bonchev–Trinajstić information content (AvgIpc) is 2.81. The van der Waals surface area contributed by atoms with Crippen molar-refractivity contribution in [1.29, 1.82) is 0 Å². The average molecular weight is 361 g/mol. The SMILES string of the molecule is Cn1nc(C(=O)N2CCCCCC2)cc1NC(=O)c1ccccc1Cl. The summed E-state index contributed by atoms with van der Waals surface area (Å²) in [7, 11) is 1.70. The second-order valence-corrected chi connectivity index (χ2v) is 6.59. The molecule has 25 heavy (non-hydrogen) atoms. The van der Waals surface area contributed by atoms with Crippen LogP contribution in [0, 0.1) is 0 Å². The minimum atomic E-state index is -0.331. The van der Waals surface area contributed by atoms with E-state index in [1.165, 1.54) is 4.68 Å². The molecule has 0 unspecified atom stereocenters. The number of carbonyl (C=O) groups excluding carboxylic acids is 2. The smallest absolute Gasteiger partial charge is 0.274 e. The van der Waals surface area contributed by atoms with Gasteiger partial charge in [0, 0.05) is 26.2 Å². The number of hydrogen-bond donors (Lipinski definition) is 1. The molecule has 0 radical (unpaired) electrons. The molecule has 0 aliphatic carbocycles. The fourth-order valence-electron chi connectivity index (χ4n) is 2.95. The minimum Gasteiger partial charge on any atom is -0.337 e. The maximum Gasteiger partial charge on any atom is 0.274 e. The van der Waals surface area contributed by atoms with E-state index in [2.05, 4.69) is 10.4 Å². The van der Waals surface area contributed by atoms with E-state index in [9.17, 15) is 9.59 Å². The third kappa shape index (κ3) is 4.02. The van der Waals surface area contributed by atoms with Crippen molar-refractivity contribution in [3.8, 4) is 0 Å². The molecule has 6 nitrogen and oxygen atoms in total. The Morgan fingerprint density at radius 1 is 1.12 bits per heavy atom. The zero-order valence-electron chi connectivity index (χ0n) is 14.2. The van der Waals surface area contributed by atoms with Gasteiger partial charge in [-0.05, 0) is 25.0 Å². The molecule has 0 bridgehead atoms. The van der Waals surface area contributed by atoms with Gasteiger partial charge in [-0.2, -0.15) is 5.10 Å². The van der Waals surface area contributed by atoms with E-state index in [-0.39, 0.29) is 11.8 Å². The summed E-state index contributed by atoms with van der Waals surface area (Å²) in [6.45, 7) is 1.52. The number of halogens is 1. The summed E-state index contributed by atoms with van der Waals surface area (Å²) >= 11 is 6.05. The molecule has 0 atom stereocenters. The Hall–Kier alpha value is -2.34. The van der Waals surface area contributed by atoms with Crippen molar-refractivity contribution >= 4 is 29.2 Å². The second-order valence-electron chi connectivity index (χ2n) is 6.18. The second kappa shape index (κ2) is 7.70. The van der Waals surface area contributed by atoms with Gasteiger partial charge in [0.15, 0.2) is 5.69 Å². The monoisotopic (exact) mass is 360 g/mol. The zero-order valence-corrected chi connectivity index (χ0v) is 14.9. The van der Waals surface area contributed by atoms with Crippen LogP contribution in [0.5, 0.6) is 0 Å². The normalized spacial score (nSPS) is 14.9. The Morgan fingerprint density at radius 2 is 1.80 bits per heavy atom. The first-order valence-electron chi connectivity index (χ1n) is 8.45. The molecule has 1 aliphatic heterocycles. The first kappa shape index (κ1) is 17.5. The molecule has 1 aromatic carbocycles. The van der Waals surface area contributed by atoms with Gasteiger partial charge in [0.2, 0.25) is 0 Å². The Balaban J connectivity index is 1.75. The van der Waals surface area contributed by atoms with E-state index in [1.807, 2.05) is 4.90 Å². The number of nitrogens with one attached hydrogen (secondary N) is 1. The van der Waals surface area contributed by atoms with Crippen LogP contribution in [0.15, 0.2) is 30.3 Å². The van der Waals surface area contributed by atoms with E-state index in [4.69, 9.17) is 11.6 Å². The molecular formula is C18H21ClN4O2. The van der Waals surface area contributed by atoms with Crippen LogP contribution in [-0.2, 0) is 7.05 Å². The van der Waals surface area contributed by atoms with Crippen molar-refractivity contribution in [2.24, 2.45) is 7.05 Å². The summed E-state index contributed by atoms with van der Waals surface area (Å²) in [4.78, 5) is 26.9. The minimum absolute atomic E-state index is 0.0873. The number of hydrogen-bond acceptors (Lipinski definition) is 3. The number of anilines is 1. The molecule has 3 rings (SSSR count). The summed E-state index contributed by atoms with van der Waals surface area (Å²) in [5.41, 5.74) is 0.726. The van der Waals surface area contributed by atoms with E-state index in [0.29, 0.717) is 22.1 Å². The van der Waals surface area contributed by atoms with Gasteiger partial charge in [0.05, 0.1) is 10.6 Å². The lowest BCUT2D eigenvalue weighted by atomic mass is 10.2. The summed E-state index contributed by atoms with van der Waals surface area (Å²) in [5.74, 6) is 0.0428. The molecule has 1 saturated heterocycles. The Bertz CT molecular complexity index is 779. The molecule has 1 fully saturated rings. The van der Waals surface area contributed by atoms with Crippen molar-refractivity contribution in [2.75, 3.05) is 18.4 Å². The number of amides is 2. The van der Waals surface area contributed by atoms with Crippen LogP contribution < -0.4 is 5.32 Å². The molecule has 0 saturated carbocycles. The van der Waals surface area contributed by atoms with Crippen molar-refractivity contribution in [3.05, 3.63) is 46.6 Å². The predicted molar refractivity (Wildman–Crippen MR) is 97.0 cm³/mol. The van der Waals surface area contributed by atoms with Gasteiger partial charge in [-0.1, -0.05) is 36.6 Å². The molecule has 132 valence electrons. The third-order valence-corrected chi connectivity index (χ3v) is 4.68. The van der Waals surface area contributed by atoms with E-state index in [1.54, 1.807) is 37.4 Å². The largest absolute Gasteiger partial charge is 0.337 e. The van der Waals surface area contributed by atoms with Crippen LogP contribution in [-0.4, -0.2) is 39.6 Å². The summed E-state index contributed by atoms with van der Waals surface area (Å²) in [6, 6.07) is 8.44. The summed E-state index contributed by atoms with van der Waals surface area (Å²) in [5, 5.41) is 7.41. The Labute approximate surface area is 151 Å². The van der Waals surface area contributed by atoms with E-state index >= 15 is 0 Å². The predicted octanol–water partition coefficient (Wildman–Crippen LogP) is 3.34. The van der Waals surface area contributed by atoms with Crippen LogP contribution in [0.3, 0.4) is 0 Å². The van der Waals surface area contributed by atoms with E-state index < -0.39 is 0 Å². The number of carbonyl (C=O) groups is 2. The lowest BCUT2D eigenvalue weighted by Gasteiger charge is -2.18. The van der Waals surface area contributed by atoms with E-state index in [0.717, 1.165) is 38.8 Å². The lowest BCUT2D eigenvalue weighted by molar-refractivity contribution is 0.0754. The quantitative estimate of drug-likeness (QED) is 0.912. The maximum absolute atomic E-state index is 12.6. The summed E-state index contributed by atoms with van der Waals surface area (Å²) in [6.07, 6.45) is 4.36. The number of aryl methyl sites for hydroxylation is 1. The number of rotatable bonds is 3. The van der Waals surface area contributed by atoms with Crippen molar-refractivity contribution in [1.82, 2.24) is 14.7 Å². The highest BCUT2D eigenvalue weighted by molar-refractivity contribution is 6.34. The van der Waals surface area contributed by atoms with Gasteiger partial charge in [0.1, 0.15) is 5.82 Å². The van der Waals surface area contributed by atoms with Gasteiger partial charge in [-0.3, -0.25) is 14.3 Å². The van der Waals surface area contributed by atoms with Crippen molar-refractivity contribution in [2.45, 2.75) is 25.7 Å². The summed E-state index contributed by atoms with van der Waals surface area (Å²) < 4.78 is 1.50. The molecule has 1 aliphatic rings. The highest BCUT2D eigenvalue weighted by Crippen LogP contribution is 2.19. The van der Waals surface area contributed by atoms with Crippen LogP contribution >= 0.6 is 11.6 Å². The highest BCUT2D eigenvalue weighted by Gasteiger charge is 2.21. The Morgan fingerprint density at radius 3 is 2.48 bits per heavy atom. The molecule has 1 N–H and O–H groups in total. The molecule has 0 spiro atoms. The van der Waals surface area contributed by atoms with Crippen LogP contribution in [0.1, 0.15) is 46.5 Å². The first-order valence-corrected chi connectivity index (χ1v) is 8.83. The van der Waals surface area contributed by atoms with Crippen LogP contribution in [0.2, 0.25) is 5.02 Å². The fourth-order valence-corrected chi connectivity index (χ4v) is 3.18. The van der Waals surface area contributed by atoms with Gasteiger partial charge >= 0.3 is 0 Å². The number of likely N-dealkylation sites (tertiary alicyclic amines) is 1. The number of benzene rings is 1. The van der Waals surface area contributed by atoms with Crippen molar-refractivity contribution in [3.63, 3.8) is 0 Å². The fraction of sp³-hybridized carbons (Fsp3) is 0.389. The molecular weight excluding hydrogens is 340 g/mol. The third-order valence-electron chi connectivity index (χ3n) is 4.35.